The van der Waals surface area contributed by atoms with E-state index in [9.17, 15) is 4.79 Å². The zero-order valence-electron chi connectivity index (χ0n) is 5.56. The van der Waals surface area contributed by atoms with Gasteiger partial charge in [0.05, 0.1) is 4.88 Å². The number of halogens is 1. The highest BCUT2D eigenvalue weighted by Gasteiger charge is 2.04. The molecular weight excluding hydrogens is 212 g/mol. The molecule has 0 aromatic carbocycles. The molecule has 0 atom stereocenters. The van der Waals surface area contributed by atoms with Crippen LogP contribution in [0.4, 0.5) is 0 Å². The molecule has 1 nitrogen and oxygen atoms in total. The van der Waals surface area contributed by atoms with E-state index in [0.717, 1.165) is 9.35 Å². The molecule has 1 heterocycles. The lowest BCUT2D eigenvalue weighted by atomic mass is 10.3. The van der Waals surface area contributed by atoms with Crippen molar-refractivity contribution in [1.82, 2.24) is 0 Å². The van der Waals surface area contributed by atoms with Crippen LogP contribution in [0.5, 0.6) is 0 Å². The topological polar surface area (TPSA) is 17.1 Å². The van der Waals surface area contributed by atoms with Gasteiger partial charge >= 0.3 is 0 Å². The number of rotatable bonds is 2. The van der Waals surface area contributed by atoms with Crippen LogP contribution < -0.4 is 0 Å². The van der Waals surface area contributed by atoms with E-state index >= 15 is 0 Å². The highest BCUT2D eigenvalue weighted by atomic mass is 79.9. The fourth-order valence-corrected chi connectivity index (χ4v) is 2.07. The standard InChI is InChI=1S/C7H7BrOS/c1-2-6(9)7-3-5(8)4-10-7/h3-4H,2H2,1H3. The Morgan fingerprint density at radius 2 is 2.50 bits per heavy atom. The van der Waals surface area contributed by atoms with E-state index in [1.165, 1.54) is 11.3 Å². The van der Waals surface area contributed by atoms with Gasteiger partial charge in [0.2, 0.25) is 0 Å². The van der Waals surface area contributed by atoms with Gasteiger partial charge < -0.3 is 0 Å². The summed E-state index contributed by atoms with van der Waals surface area (Å²) < 4.78 is 0.995. The molecule has 3 heteroatoms. The second-order valence-electron chi connectivity index (χ2n) is 1.91. The van der Waals surface area contributed by atoms with Crippen molar-refractivity contribution in [3.8, 4) is 0 Å². The molecule has 1 aromatic heterocycles. The minimum atomic E-state index is 0.218. The zero-order valence-corrected chi connectivity index (χ0v) is 7.96. The van der Waals surface area contributed by atoms with Gasteiger partial charge in [0.15, 0.2) is 5.78 Å². The van der Waals surface area contributed by atoms with Crippen molar-refractivity contribution < 1.29 is 4.79 Å². The Labute approximate surface area is 72.2 Å². The van der Waals surface area contributed by atoms with Crippen molar-refractivity contribution >= 4 is 33.0 Å². The molecule has 0 saturated carbocycles. The lowest BCUT2D eigenvalue weighted by Gasteiger charge is -1.86. The maximum absolute atomic E-state index is 11.0. The van der Waals surface area contributed by atoms with Gasteiger partial charge in [-0.15, -0.1) is 11.3 Å². The number of hydrogen-bond donors (Lipinski definition) is 0. The Kier molecular flexibility index (Phi) is 2.63. The Morgan fingerprint density at radius 3 is 2.90 bits per heavy atom. The minimum Gasteiger partial charge on any atom is -0.293 e. The highest BCUT2D eigenvalue weighted by Crippen LogP contribution is 2.20. The van der Waals surface area contributed by atoms with Crippen molar-refractivity contribution in [1.29, 1.82) is 0 Å². The predicted molar refractivity (Wildman–Crippen MR) is 46.6 cm³/mol. The Morgan fingerprint density at radius 1 is 1.80 bits per heavy atom. The van der Waals surface area contributed by atoms with Crippen molar-refractivity contribution in [3.63, 3.8) is 0 Å². The van der Waals surface area contributed by atoms with Crippen molar-refractivity contribution in [2.75, 3.05) is 0 Å². The quantitative estimate of drug-likeness (QED) is 0.698. The van der Waals surface area contributed by atoms with E-state index in [2.05, 4.69) is 15.9 Å². The van der Waals surface area contributed by atoms with Crippen molar-refractivity contribution in [2.45, 2.75) is 13.3 Å². The molecule has 0 saturated heterocycles. The van der Waals surface area contributed by atoms with Gasteiger partial charge in [0.25, 0.3) is 0 Å². The second kappa shape index (κ2) is 3.30. The Balaban J connectivity index is 2.85. The summed E-state index contributed by atoms with van der Waals surface area (Å²) in [4.78, 5) is 11.9. The minimum absolute atomic E-state index is 0.218. The molecule has 0 aliphatic carbocycles. The molecule has 10 heavy (non-hydrogen) atoms. The first-order valence-electron chi connectivity index (χ1n) is 3.01. The smallest absolute Gasteiger partial charge is 0.172 e. The van der Waals surface area contributed by atoms with E-state index in [-0.39, 0.29) is 5.78 Å². The summed E-state index contributed by atoms with van der Waals surface area (Å²) in [6.07, 6.45) is 0.590. The first-order chi connectivity index (χ1) is 4.74. The third kappa shape index (κ3) is 1.67. The molecule has 0 unspecified atom stereocenters. The number of ketones is 1. The van der Waals surface area contributed by atoms with E-state index in [0.29, 0.717) is 6.42 Å². The third-order valence-electron chi connectivity index (χ3n) is 1.16. The first kappa shape index (κ1) is 7.95. The van der Waals surface area contributed by atoms with Crippen molar-refractivity contribution in [2.24, 2.45) is 0 Å². The average molecular weight is 219 g/mol. The van der Waals surface area contributed by atoms with Crippen LogP contribution in [0.25, 0.3) is 0 Å². The molecule has 0 aliphatic rings. The Hall–Kier alpha value is -0.150. The molecule has 0 N–H and O–H groups in total. The molecule has 0 bridgehead atoms. The fourth-order valence-electron chi connectivity index (χ4n) is 0.634. The molecule has 0 aliphatic heterocycles. The zero-order chi connectivity index (χ0) is 7.56. The van der Waals surface area contributed by atoms with Gasteiger partial charge in [0.1, 0.15) is 0 Å². The van der Waals surface area contributed by atoms with E-state index in [1.807, 2.05) is 18.4 Å². The van der Waals surface area contributed by atoms with Crippen LogP contribution in [-0.4, -0.2) is 5.78 Å². The molecular formula is C7H7BrOS. The van der Waals surface area contributed by atoms with Crippen LogP contribution in [0, 0.1) is 0 Å². The normalized spacial score (nSPS) is 9.80. The number of thiophene rings is 1. The fraction of sp³-hybridized carbons (Fsp3) is 0.286. The molecule has 0 radical (unpaired) electrons. The predicted octanol–water partition coefficient (Wildman–Crippen LogP) is 3.10. The summed E-state index contributed by atoms with van der Waals surface area (Å²) in [7, 11) is 0. The van der Waals surface area contributed by atoms with Crippen LogP contribution in [0.3, 0.4) is 0 Å². The van der Waals surface area contributed by atoms with E-state index in [1.54, 1.807) is 0 Å². The molecule has 0 fully saturated rings. The van der Waals surface area contributed by atoms with Crippen LogP contribution in [0.1, 0.15) is 23.0 Å². The summed E-state index contributed by atoms with van der Waals surface area (Å²) in [6.45, 7) is 1.87. The van der Waals surface area contributed by atoms with Crippen molar-refractivity contribution in [3.05, 3.63) is 20.8 Å². The molecule has 54 valence electrons. The van der Waals surface area contributed by atoms with Crippen LogP contribution in [0.15, 0.2) is 15.9 Å². The van der Waals surface area contributed by atoms with Gasteiger partial charge in [-0.25, -0.2) is 0 Å². The first-order valence-corrected chi connectivity index (χ1v) is 4.68. The number of hydrogen-bond acceptors (Lipinski definition) is 2. The summed E-state index contributed by atoms with van der Waals surface area (Å²) >= 11 is 4.77. The lowest BCUT2D eigenvalue weighted by Crippen LogP contribution is -1.90. The van der Waals surface area contributed by atoms with Gasteiger partial charge in [-0.1, -0.05) is 6.92 Å². The molecule has 1 rings (SSSR count). The highest BCUT2D eigenvalue weighted by molar-refractivity contribution is 9.10. The van der Waals surface area contributed by atoms with Crippen LogP contribution in [0.2, 0.25) is 0 Å². The summed E-state index contributed by atoms with van der Waals surface area (Å²) in [5.41, 5.74) is 0. The number of carbonyl (C=O) groups excluding carboxylic acids is 1. The maximum atomic E-state index is 11.0. The summed E-state index contributed by atoms with van der Waals surface area (Å²) in [5, 5.41) is 1.92. The second-order valence-corrected chi connectivity index (χ2v) is 3.73. The third-order valence-corrected chi connectivity index (χ3v) is 2.90. The Bertz CT molecular complexity index is 242. The van der Waals surface area contributed by atoms with Gasteiger partial charge in [-0.05, 0) is 22.0 Å². The molecule has 0 amide bonds. The SMILES string of the molecule is CCC(=O)c1cc(Br)cs1. The van der Waals surface area contributed by atoms with Gasteiger partial charge in [0, 0.05) is 16.3 Å². The van der Waals surface area contributed by atoms with E-state index < -0.39 is 0 Å². The lowest BCUT2D eigenvalue weighted by molar-refractivity contribution is 0.0992. The number of carbonyl (C=O) groups is 1. The summed E-state index contributed by atoms with van der Waals surface area (Å²) in [5.74, 6) is 0.218. The monoisotopic (exact) mass is 218 g/mol. The van der Waals surface area contributed by atoms with Gasteiger partial charge in [-0.3, -0.25) is 4.79 Å². The maximum Gasteiger partial charge on any atom is 0.172 e. The van der Waals surface area contributed by atoms with Crippen LogP contribution >= 0.6 is 27.3 Å². The van der Waals surface area contributed by atoms with Crippen LogP contribution in [-0.2, 0) is 0 Å². The largest absolute Gasteiger partial charge is 0.293 e. The summed E-state index contributed by atoms with van der Waals surface area (Å²) in [6, 6.07) is 1.86. The molecule has 1 aromatic rings. The molecule has 0 spiro atoms. The average Bonchev–Trinajstić information content (AvgIpc) is 2.34. The van der Waals surface area contributed by atoms with Gasteiger partial charge in [-0.2, -0.15) is 0 Å². The van der Waals surface area contributed by atoms with E-state index in [4.69, 9.17) is 0 Å². The number of Topliss-reactive ketones (excluding diaryl/α,β-unsaturated/α-hetero) is 1.